The number of fused-ring (bicyclic) bond motifs is 1. The number of likely N-dealkylation sites (N-methyl/N-ethyl adjacent to an activating group) is 2. The molecule has 0 bridgehead atoms. The van der Waals surface area contributed by atoms with Gasteiger partial charge >= 0.3 is 0 Å². The first-order valence-corrected chi connectivity index (χ1v) is 7.86. The number of nitrogens with zero attached hydrogens (tertiary/aromatic N) is 2. The number of benzene rings is 1. The van der Waals surface area contributed by atoms with Crippen molar-refractivity contribution in [3.05, 3.63) is 35.4 Å². The van der Waals surface area contributed by atoms with Crippen molar-refractivity contribution in [2.45, 2.75) is 37.4 Å². The van der Waals surface area contributed by atoms with E-state index in [9.17, 15) is 0 Å². The molecule has 3 rings (SSSR count). The molecule has 0 saturated carbocycles. The number of nitrogens with one attached hydrogen (secondary N) is 1. The molecule has 1 heterocycles. The molecule has 3 heteroatoms. The van der Waals surface area contributed by atoms with E-state index in [1.54, 1.807) is 0 Å². The van der Waals surface area contributed by atoms with Gasteiger partial charge in [-0.15, -0.1) is 0 Å². The highest BCUT2D eigenvalue weighted by Gasteiger charge is 2.39. The summed E-state index contributed by atoms with van der Waals surface area (Å²) >= 11 is 0. The van der Waals surface area contributed by atoms with E-state index >= 15 is 0 Å². The zero-order valence-electron chi connectivity index (χ0n) is 13.0. The van der Waals surface area contributed by atoms with Gasteiger partial charge in [0.25, 0.3) is 0 Å². The summed E-state index contributed by atoms with van der Waals surface area (Å²) in [6.45, 7) is 2.44. The Kier molecular flexibility index (Phi) is 4.11. The van der Waals surface area contributed by atoms with E-state index in [1.165, 1.54) is 43.5 Å². The number of hydrogen-bond donors (Lipinski definition) is 1. The lowest BCUT2D eigenvalue weighted by Crippen LogP contribution is -2.47. The first-order valence-electron chi connectivity index (χ1n) is 7.86. The SMILES string of the molecule is CNC1c2ccccc2CC1N1CCCC1CN(C)C. The van der Waals surface area contributed by atoms with Crippen LogP contribution in [0.4, 0.5) is 0 Å². The van der Waals surface area contributed by atoms with Gasteiger partial charge in [0.15, 0.2) is 0 Å². The summed E-state index contributed by atoms with van der Waals surface area (Å²) in [6, 6.07) is 10.8. The molecule has 1 saturated heterocycles. The van der Waals surface area contributed by atoms with Crippen LogP contribution in [0, 0.1) is 0 Å². The second-order valence-corrected chi connectivity index (χ2v) is 6.53. The second kappa shape index (κ2) is 5.84. The predicted molar refractivity (Wildman–Crippen MR) is 84.0 cm³/mol. The van der Waals surface area contributed by atoms with Gasteiger partial charge in [-0.1, -0.05) is 24.3 Å². The Bertz CT molecular complexity index is 457. The molecule has 0 amide bonds. The topological polar surface area (TPSA) is 18.5 Å². The van der Waals surface area contributed by atoms with Gasteiger partial charge < -0.3 is 10.2 Å². The van der Waals surface area contributed by atoms with Crippen LogP contribution in [0.5, 0.6) is 0 Å². The molecule has 110 valence electrons. The van der Waals surface area contributed by atoms with E-state index in [-0.39, 0.29) is 0 Å². The van der Waals surface area contributed by atoms with Crippen molar-refractivity contribution in [1.82, 2.24) is 15.1 Å². The Labute approximate surface area is 123 Å². The van der Waals surface area contributed by atoms with Gasteiger partial charge in [-0.2, -0.15) is 0 Å². The summed E-state index contributed by atoms with van der Waals surface area (Å²) in [7, 11) is 6.49. The minimum absolute atomic E-state index is 0.494. The molecule has 1 aromatic carbocycles. The minimum Gasteiger partial charge on any atom is -0.312 e. The molecule has 0 radical (unpaired) electrons. The van der Waals surface area contributed by atoms with Crippen LogP contribution in [0.1, 0.15) is 30.0 Å². The molecule has 1 aromatic rings. The van der Waals surface area contributed by atoms with Crippen molar-refractivity contribution in [3.8, 4) is 0 Å². The van der Waals surface area contributed by atoms with Crippen LogP contribution >= 0.6 is 0 Å². The Balaban J connectivity index is 1.80. The molecule has 1 aliphatic heterocycles. The molecule has 3 atom stereocenters. The standard InChI is InChI=1S/C17H27N3/c1-18-17-15-9-5-4-7-13(15)11-16(17)20-10-6-8-14(20)12-19(2)3/h4-5,7,9,14,16-18H,6,8,10-12H2,1-3H3. The summed E-state index contributed by atoms with van der Waals surface area (Å²) in [5.41, 5.74) is 3.04. The largest absolute Gasteiger partial charge is 0.312 e. The van der Waals surface area contributed by atoms with Crippen LogP contribution in [0.25, 0.3) is 0 Å². The van der Waals surface area contributed by atoms with Gasteiger partial charge in [0.05, 0.1) is 0 Å². The summed E-state index contributed by atoms with van der Waals surface area (Å²) in [5.74, 6) is 0. The smallest absolute Gasteiger partial charge is 0.0481 e. The van der Waals surface area contributed by atoms with E-state index in [0.717, 1.165) is 6.04 Å². The third-order valence-electron chi connectivity index (χ3n) is 4.94. The zero-order valence-corrected chi connectivity index (χ0v) is 13.0. The first-order chi connectivity index (χ1) is 9.70. The Hall–Kier alpha value is -0.900. The van der Waals surface area contributed by atoms with Gasteiger partial charge in [0.2, 0.25) is 0 Å². The third-order valence-corrected chi connectivity index (χ3v) is 4.94. The van der Waals surface area contributed by atoms with Crippen LogP contribution in [-0.4, -0.2) is 56.1 Å². The van der Waals surface area contributed by atoms with Gasteiger partial charge in [0.1, 0.15) is 0 Å². The number of rotatable bonds is 4. The molecule has 3 unspecified atom stereocenters. The van der Waals surface area contributed by atoms with Gasteiger partial charge in [0, 0.05) is 24.7 Å². The maximum Gasteiger partial charge on any atom is 0.0481 e. The Morgan fingerprint density at radius 1 is 1.30 bits per heavy atom. The molecular formula is C17H27N3. The molecule has 2 aliphatic rings. The third kappa shape index (κ3) is 2.50. The van der Waals surface area contributed by atoms with Crippen molar-refractivity contribution in [2.24, 2.45) is 0 Å². The van der Waals surface area contributed by atoms with Crippen molar-refractivity contribution in [1.29, 1.82) is 0 Å². The molecule has 0 aromatic heterocycles. The Morgan fingerprint density at radius 3 is 2.85 bits per heavy atom. The molecule has 20 heavy (non-hydrogen) atoms. The van der Waals surface area contributed by atoms with Gasteiger partial charge in [-0.05, 0) is 58.1 Å². The minimum atomic E-state index is 0.494. The van der Waals surface area contributed by atoms with Crippen LogP contribution in [0.2, 0.25) is 0 Å². The second-order valence-electron chi connectivity index (χ2n) is 6.53. The average Bonchev–Trinajstić information content (AvgIpc) is 3.00. The fourth-order valence-corrected chi connectivity index (χ4v) is 4.14. The fourth-order valence-electron chi connectivity index (χ4n) is 4.14. The quantitative estimate of drug-likeness (QED) is 0.904. The van der Waals surface area contributed by atoms with Crippen LogP contribution in [0.3, 0.4) is 0 Å². The molecule has 0 spiro atoms. The maximum absolute atomic E-state index is 3.57. The van der Waals surface area contributed by atoms with E-state index in [1.807, 2.05) is 0 Å². The van der Waals surface area contributed by atoms with E-state index < -0.39 is 0 Å². The highest BCUT2D eigenvalue weighted by molar-refractivity contribution is 5.37. The van der Waals surface area contributed by atoms with Crippen molar-refractivity contribution >= 4 is 0 Å². The lowest BCUT2D eigenvalue weighted by atomic mass is 10.1. The molecular weight excluding hydrogens is 246 g/mol. The van der Waals surface area contributed by atoms with Crippen molar-refractivity contribution < 1.29 is 0 Å². The lowest BCUT2D eigenvalue weighted by Gasteiger charge is -2.35. The zero-order chi connectivity index (χ0) is 14.1. The summed E-state index contributed by atoms with van der Waals surface area (Å²) in [5, 5.41) is 3.57. The average molecular weight is 273 g/mol. The molecule has 3 nitrogen and oxygen atoms in total. The van der Waals surface area contributed by atoms with Crippen LogP contribution in [-0.2, 0) is 6.42 Å². The highest BCUT2D eigenvalue weighted by atomic mass is 15.3. The van der Waals surface area contributed by atoms with Gasteiger partial charge in [-0.3, -0.25) is 4.90 Å². The van der Waals surface area contributed by atoms with Crippen molar-refractivity contribution in [3.63, 3.8) is 0 Å². The lowest BCUT2D eigenvalue weighted by molar-refractivity contribution is 0.133. The summed E-state index contributed by atoms with van der Waals surface area (Å²) < 4.78 is 0. The first kappa shape index (κ1) is 14.1. The van der Waals surface area contributed by atoms with E-state index in [0.29, 0.717) is 12.1 Å². The summed E-state index contributed by atoms with van der Waals surface area (Å²) in [6.07, 6.45) is 3.90. The molecule has 1 fully saturated rings. The van der Waals surface area contributed by atoms with Gasteiger partial charge in [-0.25, -0.2) is 0 Å². The van der Waals surface area contributed by atoms with Crippen LogP contribution in [0.15, 0.2) is 24.3 Å². The highest BCUT2D eigenvalue weighted by Crippen LogP contribution is 2.37. The monoisotopic (exact) mass is 273 g/mol. The maximum atomic E-state index is 3.57. The molecule has 1 aliphatic carbocycles. The number of hydrogen-bond acceptors (Lipinski definition) is 3. The molecule has 1 N–H and O–H groups in total. The van der Waals surface area contributed by atoms with Crippen LogP contribution < -0.4 is 5.32 Å². The fraction of sp³-hybridized carbons (Fsp3) is 0.647. The van der Waals surface area contributed by atoms with E-state index in [2.05, 4.69) is 60.5 Å². The normalized spacial score (nSPS) is 30.1. The Morgan fingerprint density at radius 2 is 2.10 bits per heavy atom. The summed E-state index contributed by atoms with van der Waals surface area (Å²) in [4.78, 5) is 5.10. The number of likely N-dealkylation sites (tertiary alicyclic amines) is 1. The predicted octanol–water partition coefficient (Wildman–Crippen LogP) is 1.90. The van der Waals surface area contributed by atoms with E-state index in [4.69, 9.17) is 0 Å². The van der Waals surface area contributed by atoms with Crippen molar-refractivity contribution in [2.75, 3.05) is 34.2 Å².